The number of amides is 1. The van der Waals surface area contributed by atoms with Crippen LogP contribution in [0.25, 0.3) is 11.3 Å². The van der Waals surface area contributed by atoms with Gasteiger partial charge in [0.1, 0.15) is 0 Å². The second-order valence-corrected chi connectivity index (χ2v) is 7.32. The van der Waals surface area contributed by atoms with Crippen LogP contribution in [0.3, 0.4) is 0 Å². The Kier molecular flexibility index (Phi) is 3.46. The Labute approximate surface area is 151 Å². The summed E-state index contributed by atoms with van der Waals surface area (Å²) in [4.78, 5) is 17.3. The number of likely N-dealkylation sites (N-methyl/N-ethyl adjacent to an activating group) is 1. The Bertz CT molecular complexity index is 850. The normalized spacial score (nSPS) is 21.0. The second kappa shape index (κ2) is 5.74. The third-order valence-corrected chi connectivity index (χ3v) is 5.61. The molecule has 26 heavy (non-hydrogen) atoms. The molecule has 1 aromatic heterocycles. The van der Waals surface area contributed by atoms with Gasteiger partial charge in [0.25, 0.3) is 0 Å². The highest BCUT2D eigenvalue weighted by Crippen LogP contribution is 2.50. The lowest BCUT2D eigenvalue weighted by atomic mass is 9.99. The van der Waals surface area contributed by atoms with Crippen molar-refractivity contribution >= 4 is 5.91 Å². The van der Waals surface area contributed by atoms with Crippen LogP contribution in [0.15, 0.2) is 28.8 Å². The molecule has 3 aliphatic rings. The van der Waals surface area contributed by atoms with Gasteiger partial charge >= 0.3 is 0 Å². The van der Waals surface area contributed by atoms with Crippen molar-refractivity contribution in [3.8, 4) is 22.8 Å². The van der Waals surface area contributed by atoms with Crippen LogP contribution in [0.4, 0.5) is 0 Å². The average Bonchev–Trinajstić information content (AvgIpc) is 3.10. The Hall–Kier alpha value is -2.54. The molecular weight excluding hydrogens is 334 g/mol. The Balaban J connectivity index is 1.39. The first-order valence-corrected chi connectivity index (χ1v) is 9.01. The van der Waals surface area contributed by atoms with E-state index in [4.69, 9.17) is 14.0 Å². The fourth-order valence-corrected chi connectivity index (χ4v) is 3.70. The van der Waals surface area contributed by atoms with E-state index in [2.05, 4.69) is 17.1 Å². The van der Waals surface area contributed by atoms with Crippen LogP contribution in [0.5, 0.6) is 11.5 Å². The van der Waals surface area contributed by atoms with Gasteiger partial charge in [-0.2, -0.15) is 0 Å². The third-order valence-electron chi connectivity index (χ3n) is 5.61. The van der Waals surface area contributed by atoms with Crippen molar-refractivity contribution in [1.82, 2.24) is 15.0 Å². The summed E-state index contributed by atoms with van der Waals surface area (Å²) in [5.74, 6) is 2.28. The number of benzene rings is 1. The van der Waals surface area contributed by atoms with Crippen LogP contribution in [-0.4, -0.2) is 60.9 Å². The van der Waals surface area contributed by atoms with Gasteiger partial charge in [-0.05, 0) is 38.1 Å². The number of piperazine rings is 1. The first-order chi connectivity index (χ1) is 12.7. The van der Waals surface area contributed by atoms with Gasteiger partial charge < -0.3 is 23.8 Å². The molecule has 7 heteroatoms. The fraction of sp³-hybridized carbons (Fsp3) is 0.474. The second-order valence-electron chi connectivity index (χ2n) is 7.32. The van der Waals surface area contributed by atoms with E-state index in [0.717, 1.165) is 56.0 Å². The molecule has 0 radical (unpaired) electrons. The summed E-state index contributed by atoms with van der Waals surface area (Å²) in [7, 11) is 2.09. The SMILES string of the molecule is CN1CCN(C(=O)C2(c3cc(-c4ccc5c(c4)OCO5)on3)CC2)CC1. The minimum absolute atomic E-state index is 0.191. The zero-order chi connectivity index (χ0) is 17.7. The molecule has 1 aliphatic carbocycles. The zero-order valence-electron chi connectivity index (χ0n) is 14.7. The van der Waals surface area contributed by atoms with E-state index in [1.807, 2.05) is 29.2 Å². The molecule has 1 saturated heterocycles. The lowest BCUT2D eigenvalue weighted by Gasteiger charge is -2.34. The minimum Gasteiger partial charge on any atom is -0.454 e. The molecule has 136 valence electrons. The zero-order valence-corrected chi connectivity index (χ0v) is 14.7. The summed E-state index contributed by atoms with van der Waals surface area (Å²) in [5, 5.41) is 4.25. The third kappa shape index (κ3) is 2.46. The van der Waals surface area contributed by atoms with Gasteiger partial charge in [0.05, 0.1) is 11.1 Å². The Morgan fingerprint density at radius 3 is 2.62 bits per heavy atom. The lowest BCUT2D eigenvalue weighted by molar-refractivity contribution is -0.135. The Morgan fingerprint density at radius 2 is 1.85 bits per heavy atom. The molecule has 5 rings (SSSR count). The van der Waals surface area contributed by atoms with E-state index in [9.17, 15) is 4.79 Å². The highest BCUT2D eigenvalue weighted by molar-refractivity contribution is 5.91. The van der Waals surface area contributed by atoms with Crippen molar-refractivity contribution in [2.75, 3.05) is 40.0 Å². The van der Waals surface area contributed by atoms with Crippen molar-refractivity contribution in [3.63, 3.8) is 0 Å². The number of fused-ring (bicyclic) bond motifs is 1. The molecule has 3 heterocycles. The molecule has 0 bridgehead atoms. The van der Waals surface area contributed by atoms with Crippen molar-refractivity contribution < 1.29 is 18.8 Å². The van der Waals surface area contributed by atoms with Gasteiger partial charge in [0.2, 0.25) is 12.7 Å². The topological polar surface area (TPSA) is 68.0 Å². The van der Waals surface area contributed by atoms with Crippen molar-refractivity contribution in [2.24, 2.45) is 0 Å². The minimum atomic E-state index is -0.492. The summed E-state index contributed by atoms with van der Waals surface area (Å²) in [6, 6.07) is 7.56. The molecule has 2 fully saturated rings. The summed E-state index contributed by atoms with van der Waals surface area (Å²) in [5.41, 5.74) is 1.12. The van der Waals surface area contributed by atoms with Gasteiger partial charge in [-0.3, -0.25) is 4.79 Å². The molecule has 1 saturated carbocycles. The molecule has 2 aromatic rings. The first-order valence-electron chi connectivity index (χ1n) is 9.01. The van der Waals surface area contributed by atoms with Crippen molar-refractivity contribution in [2.45, 2.75) is 18.3 Å². The number of hydrogen-bond donors (Lipinski definition) is 0. The highest BCUT2D eigenvalue weighted by atomic mass is 16.7. The maximum Gasteiger partial charge on any atom is 0.235 e. The molecule has 2 aliphatic heterocycles. The van der Waals surface area contributed by atoms with Crippen molar-refractivity contribution in [3.05, 3.63) is 30.0 Å². The van der Waals surface area contributed by atoms with Crippen LogP contribution in [-0.2, 0) is 10.2 Å². The largest absolute Gasteiger partial charge is 0.454 e. The predicted octanol–water partition coefficient (Wildman–Crippen LogP) is 1.88. The molecule has 0 atom stereocenters. The van der Waals surface area contributed by atoms with Gasteiger partial charge in [-0.1, -0.05) is 5.16 Å². The maximum absolute atomic E-state index is 13.1. The number of ether oxygens (including phenoxy) is 2. The van der Waals surface area contributed by atoms with Gasteiger partial charge in [-0.25, -0.2) is 0 Å². The number of carbonyl (C=O) groups excluding carboxylic acids is 1. The van der Waals surface area contributed by atoms with Crippen LogP contribution >= 0.6 is 0 Å². The maximum atomic E-state index is 13.1. The Morgan fingerprint density at radius 1 is 1.08 bits per heavy atom. The predicted molar refractivity (Wildman–Crippen MR) is 93.1 cm³/mol. The summed E-state index contributed by atoms with van der Waals surface area (Å²) in [6.07, 6.45) is 1.68. The monoisotopic (exact) mass is 355 g/mol. The van der Waals surface area contributed by atoms with Gasteiger partial charge in [0.15, 0.2) is 17.3 Å². The van der Waals surface area contributed by atoms with Crippen LogP contribution in [0.2, 0.25) is 0 Å². The fourth-order valence-electron chi connectivity index (χ4n) is 3.70. The van der Waals surface area contributed by atoms with Crippen LogP contribution in [0, 0.1) is 0 Å². The quantitative estimate of drug-likeness (QED) is 0.837. The van der Waals surface area contributed by atoms with Crippen LogP contribution in [0.1, 0.15) is 18.5 Å². The van der Waals surface area contributed by atoms with Gasteiger partial charge in [-0.15, -0.1) is 0 Å². The molecule has 1 aromatic carbocycles. The number of carbonyl (C=O) groups is 1. The van der Waals surface area contributed by atoms with E-state index < -0.39 is 5.41 Å². The van der Waals surface area contributed by atoms with E-state index >= 15 is 0 Å². The molecule has 0 unspecified atom stereocenters. The average molecular weight is 355 g/mol. The lowest BCUT2D eigenvalue weighted by Crippen LogP contribution is -2.50. The standard InChI is InChI=1S/C19H21N3O4/c1-21-6-8-22(9-7-21)18(23)19(4-5-19)17-11-15(26-20-17)13-2-3-14-16(10-13)25-12-24-14/h2-3,10-11H,4-9,12H2,1H3. The van der Waals surface area contributed by atoms with E-state index in [0.29, 0.717) is 11.5 Å². The van der Waals surface area contributed by atoms with Crippen LogP contribution < -0.4 is 9.47 Å². The highest BCUT2D eigenvalue weighted by Gasteiger charge is 2.55. The van der Waals surface area contributed by atoms with E-state index in [-0.39, 0.29) is 12.7 Å². The van der Waals surface area contributed by atoms with Gasteiger partial charge in [0, 0.05) is 37.8 Å². The molecule has 1 amide bonds. The summed E-state index contributed by atoms with van der Waals surface area (Å²) in [6.45, 7) is 3.64. The smallest absolute Gasteiger partial charge is 0.235 e. The van der Waals surface area contributed by atoms with E-state index in [1.54, 1.807) is 0 Å². The molecular formula is C19H21N3O4. The first kappa shape index (κ1) is 15.7. The van der Waals surface area contributed by atoms with Crippen molar-refractivity contribution in [1.29, 1.82) is 0 Å². The number of aromatic nitrogens is 1. The number of rotatable bonds is 3. The van der Waals surface area contributed by atoms with E-state index in [1.165, 1.54) is 0 Å². The molecule has 7 nitrogen and oxygen atoms in total. The summed E-state index contributed by atoms with van der Waals surface area (Å²) < 4.78 is 16.3. The number of hydrogen-bond acceptors (Lipinski definition) is 6. The summed E-state index contributed by atoms with van der Waals surface area (Å²) >= 11 is 0. The molecule has 0 N–H and O–H groups in total. The molecule has 0 spiro atoms. The number of nitrogens with zero attached hydrogens (tertiary/aromatic N) is 3.